The summed E-state index contributed by atoms with van der Waals surface area (Å²) < 4.78 is 0. The quantitative estimate of drug-likeness (QED) is 0.577. The molecule has 0 saturated heterocycles. The Balaban J connectivity index is 1.41. The van der Waals surface area contributed by atoms with Crippen LogP contribution in [0.2, 0.25) is 0 Å². The molecule has 1 fully saturated rings. The Morgan fingerprint density at radius 2 is 2.25 bits per heavy atom. The van der Waals surface area contributed by atoms with Crippen molar-refractivity contribution in [1.82, 2.24) is 10.3 Å². The Hall–Kier alpha value is -1.66. The number of aryl methyl sites for hydroxylation is 2. The summed E-state index contributed by atoms with van der Waals surface area (Å²) >= 11 is 0. The Bertz CT molecular complexity index is 573. The lowest BCUT2D eigenvalue weighted by atomic mass is 9.77. The van der Waals surface area contributed by atoms with Crippen LogP contribution in [0.1, 0.15) is 43.4 Å². The van der Waals surface area contributed by atoms with Crippen molar-refractivity contribution in [1.29, 1.82) is 0 Å². The number of carboxylic acids is 1. The fraction of sp³-hybridized carbons (Fsp3) is 0.667. The molecule has 6 nitrogen and oxygen atoms in total. The van der Waals surface area contributed by atoms with E-state index in [-0.39, 0.29) is 19.1 Å². The van der Waals surface area contributed by atoms with Gasteiger partial charge in [-0.15, -0.1) is 0 Å². The van der Waals surface area contributed by atoms with Crippen LogP contribution in [0.4, 0.5) is 5.82 Å². The lowest BCUT2D eigenvalue weighted by molar-refractivity contribution is -0.140. The molecule has 0 radical (unpaired) electrons. The van der Waals surface area contributed by atoms with Crippen molar-refractivity contribution < 1.29 is 15.0 Å². The standard InChI is InChI=1S/C18H27N3O3/c22-9-7-16(18(23)24)20-15-10-12(11-15)3-5-14-6-4-13-2-1-8-19-17(13)21-14/h4,6,12,15-16,20,22H,1-3,5,7-11H2,(H,19,21)(H,23,24)/t12-,15+,16-/m0/s1. The predicted octanol–water partition coefficient (Wildman–Crippen LogP) is 1.58. The lowest BCUT2D eigenvalue weighted by Crippen LogP contribution is -2.49. The summed E-state index contributed by atoms with van der Waals surface area (Å²) in [6.45, 7) is 0.913. The van der Waals surface area contributed by atoms with E-state index in [0.717, 1.165) is 50.2 Å². The van der Waals surface area contributed by atoms with Crippen LogP contribution in [0.3, 0.4) is 0 Å². The van der Waals surface area contributed by atoms with Crippen molar-refractivity contribution in [3.63, 3.8) is 0 Å². The van der Waals surface area contributed by atoms with Gasteiger partial charge in [-0.3, -0.25) is 4.79 Å². The first-order valence-electron chi connectivity index (χ1n) is 8.98. The zero-order valence-corrected chi connectivity index (χ0v) is 14.0. The molecule has 1 aromatic rings. The molecule has 0 unspecified atom stereocenters. The first-order chi connectivity index (χ1) is 11.7. The third-order valence-electron chi connectivity index (χ3n) is 5.15. The Kier molecular flexibility index (Phi) is 5.68. The molecule has 1 aliphatic heterocycles. The summed E-state index contributed by atoms with van der Waals surface area (Å²) in [6.07, 6.45) is 6.66. The molecule has 6 heteroatoms. The molecule has 0 spiro atoms. The van der Waals surface area contributed by atoms with Gasteiger partial charge in [0, 0.05) is 24.9 Å². The molecule has 0 aromatic carbocycles. The number of anilines is 1. The number of aromatic nitrogens is 1. The van der Waals surface area contributed by atoms with E-state index in [2.05, 4.69) is 22.8 Å². The molecule has 1 atom stereocenters. The van der Waals surface area contributed by atoms with Crippen molar-refractivity contribution in [3.8, 4) is 0 Å². The predicted molar refractivity (Wildman–Crippen MR) is 92.1 cm³/mol. The number of pyridine rings is 1. The van der Waals surface area contributed by atoms with Crippen LogP contribution in [0, 0.1) is 5.92 Å². The summed E-state index contributed by atoms with van der Waals surface area (Å²) in [6, 6.07) is 3.97. The molecule has 24 heavy (non-hydrogen) atoms. The van der Waals surface area contributed by atoms with Crippen LogP contribution in [-0.2, 0) is 17.6 Å². The molecule has 3 rings (SSSR count). The molecule has 2 heterocycles. The zero-order valence-electron chi connectivity index (χ0n) is 14.0. The lowest BCUT2D eigenvalue weighted by Gasteiger charge is -2.37. The second-order valence-electron chi connectivity index (χ2n) is 6.98. The summed E-state index contributed by atoms with van der Waals surface area (Å²) in [5.41, 5.74) is 2.46. The van der Waals surface area contributed by atoms with Crippen LogP contribution in [0.25, 0.3) is 0 Å². The monoisotopic (exact) mass is 333 g/mol. The van der Waals surface area contributed by atoms with Gasteiger partial charge in [-0.2, -0.15) is 0 Å². The second kappa shape index (κ2) is 7.94. The van der Waals surface area contributed by atoms with Gasteiger partial charge in [0.05, 0.1) is 0 Å². The van der Waals surface area contributed by atoms with Crippen molar-refractivity contribution in [2.75, 3.05) is 18.5 Å². The largest absolute Gasteiger partial charge is 0.480 e. The van der Waals surface area contributed by atoms with Gasteiger partial charge in [-0.1, -0.05) is 6.07 Å². The van der Waals surface area contributed by atoms with Crippen molar-refractivity contribution in [2.24, 2.45) is 5.92 Å². The van der Waals surface area contributed by atoms with E-state index < -0.39 is 12.0 Å². The van der Waals surface area contributed by atoms with Gasteiger partial charge in [0.1, 0.15) is 11.9 Å². The Labute approximate surface area is 142 Å². The third kappa shape index (κ3) is 4.24. The molecule has 1 saturated carbocycles. The minimum absolute atomic E-state index is 0.0991. The van der Waals surface area contributed by atoms with Crippen LogP contribution >= 0.6 is 0 Å². The van der Waals surface area contributed by atoms with Gasteiger partial charge in [0.25, 0.3) is 0 Å². The van der Waals surface area contributed by atoms with Crippen molar-refractivity contribution in [3.05, 3.63) is 23.4 Å². The number of aliphatic hydroxyl groups is 1. The van der Waals surface area contributed by atoms with E-state index in [4.69, 9.17) is 15.2 Å². The second-order valence-corrected chi connectivity index (χ2v) is 6.98. The summed E-state index contributed by atoms with van der Waals surface area (Å²) in [4.78, 5) is 15.8. The Morgan fingerprint density at radius 1 is 1.42 bits per heavy atom. The first kappa shape index (κ1) is 17.2. The number of nitrogens with zero attached hydrogens (tertiary/aromatic N) is 1. The molecule has 4 N–H and O–H groups in total. The molecule has 0 bridgehead atoms. The van der Waals surface area contributed by atoms with Crippen molar-refractivity contribution >= 4 is 11.8 Å². The number of fused-ring (bicyclic) bond motifs is 1. The fourth-order valence-electron chi connectivity index (χ4n) is 3.66. The zero-order chi connectivity index (χ0) is 16.9. The minimum atomic E-state index is -0.877. The highest BCUT2D eigenvalue weighted by Gasteiger charge is 2.32. The SMILES string of the molecule is O=C(O)[C@H](CCO)N[C@H]1C[C@@H](CCc2ccc3c(n2)NCCC3)C1. The number of aliphatic hydroxyl groups excluding tert-OH is 1. The maximum atomic E-state index is 11.1. The highest BCUT2D eigenvalue weighted by atomic mass is 16.4. The van der Waals surface area contributed by atoms with E-state index in [1.54, 1.807) is 0 Å². The summed E-state index contributed by atoms with van der Waals surface area (Å²) in [5, 5.41) is 24.5. The van der Waals surface area contributed by atoms with Crippen molar-refractivity contribution in [2.45, 2.75) is 57.0 Å². The van der Waals surface area contributed by atoms with E-state index in [1.165, 1.54) is 12.0 Å². The highest BCUT2D eigenvalue weighted by molar-refractivity contribution is 5.73. The number of hydrogen-bond donors (Lipinski definition) is 4. The average Bonchev–Trinajstić information content (AvgIpc) is 2.55. The first-order valence-corrected chi connectivity index (χ1v) is 8.98. The minimum Gasteiger partial charge on any atom is -0.480 e. The molecule has 2 aliphatic rings. The highest BCUT2D eigenvalue weighted by Crippen LogP contribution is 2.32. The van der Waals surface area contributed by atoms with Crippen LogP contribution in [0.5, 0.6) is 0 Å². The number of rotatable bonds is 8. The average molecular weight is 333 g/mol. The van der Waals surface area contributed by atoms with Crippen LogP contribution in [0.15, 0.2) is 12.1 Å². The number of nitrogens with one attached hydrogen (secondary N) is 2. The molecule has 132 valence electrons. The Morgan fingerprint density at radius 3 is 3.00 bits per heavy atom. The smallest absolute Gasteiger partial charge is 0.320 e. The van der Waals surface area contributed by atoms with Gasteiger partial charge in [-0.05, 0) is 62.5 Å². The van der Waals surface area contributed by atoms with Gasteiger partial charge in [-0.25, -0.2) is 4.98 Å². The number of aliphatic carboxylic acids is 1. The molecular formula is C18H27N3O3. The van der Waals surface area contributed by atoms with E-state index >= 15 is 0 Å². The number of carbonyl (C=O) groups is 1. The van der Waals surface area contributed by atoms with Gasteiger partial charge >= 0.3 is 5.97 Å². The normalized spacial score (nSPS) is 23.7. The van der Waals surface area contributed by atoms with Gasteiger partial charge in [0.15, 0.2) is 0 Å². The summed E-state index contributed by atoms with van der Waals surface area (Å²) in [5.74, 6) is 0.815. The molecule has 0 amide bonds. The molecule has 1 aliphatic carbocycles. The van der Waals surface area contributed by atoms with E-state index in [0.29, 0.717) is 5.92 Å². The van der Waals surface area contributed by atoms with E-state index in [1.807, 2.05) is 0 Å². The number of hydrogen-bond acceptors (Lipinski definition) is 5. The topological polar surface area (TPSA) is 94.5 Å². The molecule has 1 aromatic heterocycles. The maximum absolute atomic E-state index is 11.1. The van der Waals surface area contributed by atoms with Crippen LogP contribution < -0.4 is 10.6 Å². The number of carboxylic acid groups (broad SMARTS) is 1. The van der Waals surface area contributed by atoms with Gasteiger partial charge in [0.2, 0.25) is 0 Å². The maximum Gasteiger partial charge on any atom is 0.320 e. The van der Waals surface area contributed by atoms with E-state index in [9.17, 15) is 4.79 Å². The summed E-state index contributed by atoms with van der Waals surface area (Å²) in [7, 11) is 0. The van der Waals surface area contributed by atoms with Gasteiger partial charge < -0.3 is 20.8 Å². The third-order valence-corrected chi connectivity index (χ3v) is 5.15. The van der Waals surface area contributed by atoms with Crippen LogP contribution in [-0.4, -0.2) is 46.4 Å². The fourth-order valence-corrected chi connectivity index (χ4v) is 3.66. The molecular weight excluding hydrogens is 306 g/mol.